The molecular weight excluding hydrogens is 218 g/mol. The van der Waals surface area contributed by atoms with Gasteiger partial charge in [0.2, 0.25) is 5.91 Å². The maximum Gasteiger partial charge on any atom is 0.305 e. The van der Waals surface area contributed by atoms with Gasteiger partial charge in [-0.2, -0.15) is 0 Å². The van der Waals surface area contributed by atoms with Crippen LogP contribution in [0.25, 0.3) is 0 Å². The normalized spacial score (nSPS) is 9.71. The summed E-state index contributed by atoms with van der Waals surface area (Å²) >= 11 is 0. The summed E-state index contributed by atoms with van der Waals surface area (Å²) in [5, 5.41) is 2.76. The number of benzene rings is 1. The molecule has 0 fully saturated rings. The van der Waals surface area contributed by atoms with Crippen molar-refractivity contribution in [1.29, 1.82) is 0 Å². The van der Waals surface area contributed by atoms with Gasteiger partial charge in [0.15, 0.2) is 0 Å². The molecule has 0 saturated heterocycles. The van der Waals surface area contributed by atoms with Gasteiger partial charge < -0.3 is 10.1 Å². The lowest BCUT2D eigenvalue weighted by atomic mass is 10.2. The summed E-state index contributed by atoms with van der Waals surface area (Å²) in [6.45, 7) is 2.15. The van der Waals surface area contributed by atoms with E-state index in [1.807, 2.05) is 30.3 Å². The maximum atomic E-state index is 11.5. The smallest absolute Gasteiger partial charge is 0.305 e. The second-order valence-corrected chi connectivity index (χ2v) is 3.57. The van der Waals surface area contributed by atoms with E-state index in [4.69, 9.17) is 4.74 Å². The number of esters is 1. The molecule has 0 bridgehead atoms. The third-order valence-electron chi connectivity index (χ3n) is 2.15. The Morgan fingerprint density at radius 2 is 1.88 bits per heavy atom. The summed E-state index contributed by atoms with van der Waals surface area (Å²) in [4.78, 5) is 22.5. The van der Waals surface area contributed by atoms with Crippen LogP contribution in [0.1, 0.15) is 26.2 Å². The van der Waals surface area contributed by atoms with E-state index in [1.54, 1.807) is 6.92 Å². The molecule has 1 aromatic rings. The number of para-hydroxylation sites is 1. The Morgan fingerprint density at radius 1 is 1.18 bits per heavy atom. The Bertz CT molecular complexity index is 362. The first-order valence-corrected chi connectivity index (χ1v) is 5.73. The number of rotatable bonds is 6. The number of carbonyl (C=O) groups excluding carboxylic acids is 2. The quantitative estimate of drug-likeness (QED) is 0.770. The Labute approximate surface area is 101 Å². The highest BCUT2D eigenvalue weighted by Gasteiger charge is 2.05. The van der Waals surface area contributed by atoms with E-state index in [-0.39, 0.29) is 18.3 Å². The fraction of sp³-hybridized carbons (Fsp3) is 0.385. The third kappa shape index (κ3) is 5.70. The van der Waals surface area contributed by atoms with Gasteiger partial charge in [-0.3, -0.25) is 9.59 Å². The first kappa shape index (κ1) is 13.2. The van der Waals surface area contributed by atoms with Crippen LogP contribution < -0.4 is 5.32 Å². The Kier molecular flexibility index (Phi) is 5.79. The van der Waals surface area contributed by atoms with Crippen LogP contribution in [0, 0.1) is 0 Å². The molecule has 0 aromatic heterocycles. The predicted octanol–water partition coefficient (Wildman–Crippen LogP) is 2.36. The highest BCUT2D eigenvalue weighted by molar-refractivity contribution is 5.90. The molecule has 0 aliphatic rings. The lowest BCUT2D eigenvalue weighted by molar-refractivity contribution is -0.143. The number of amides is 1. The van der Waals surface area contributed by atoms with Crippen molar-refractivity contribution in [3.8, 4) is 0 Å². The lowest BCUT2D eigenvalue weighted by Gasteiger charge is -2.04. The van der Waals surface area contributed by atoms with Crippen LogP contribution >= 0.6 is 0 Å². The van der Waals surface area contributed by atoms with E-state index >= 15 is 0 Å². The first-order valence-electron chi connectivity index (χ1n) is 5.73. The zero-order valence-corrected chi connectivity index (χ0v) is 9.94. The molecule has 92 valence electrons. The van der Waals surface area contributed by atoms with Crippen LogP contribution in [0.5, 0.6) is 0 Å². The zero-order valence-electron chi connectivity index (χ0n) is 9.94. The summed E-state index contributed by atoms with van der Waals surface area (Å²) < 4.78 is 4.77. The highest BCUT2D eigenvalue weighted by atomic mass is 16.5. The van der Waals surface area contributed by atoms with Crippen molar-refractivity contribution in [2.24, 2.45) is 0 Å². The molecule has 0 radical (unpaired) electrons. The van der Waals surface area contributed by atoms with Gasteiger partial charge in [-0.15, -0.1) is 0 Å². The SMILES string of the molecule is CCOC(=O)CCCC(=O)Nc1ccccc1. The Balaban J connectivity index is 2.20. The molecule has 17 heavy (non-hydrogen) atoms. The minimum absolute atomic E-state index is 0.0829. The first-order chi connectivity index (χ1) is 8.22. The van der Waals surface area contributed by atoms with E-state index < -0.39 is 0 Å². The van der Waals surface area contributed by atoms with Crippen molar-refractivity contribution in [1.82, 2.24) is 0 Å². The van der Waals surface area contributed by atoms with Gasteiger partial charge in [0.25, 0.3) is 0 Å². The minimum atomic E-state index is -0.250. The number of hydrogen-bond donors (Lipinski definition) is 1. The standard InChI is InChI=1S/C13H17NO3/c1-2-17-13(16)10-6-9-12(15)14-11-7-4-3-5-8-11/h3-5,7-8H,2,6,9-10H2,1H3,(H,14,15). The average Bonchev–Trinajstić information content (AvgIpc) is 2.30. The van der Waals surface area contributed by atoms with Crippen LogP contribution in [-0.2, 0) is 14.3 Å². The van der Waals surface area contributed by atoms with Crippen molar-refractivity contribution < 1.29 is 14.3 Å². The van der Waals surface area contributed by atoms with Gasteiger partial charge in [-0.25, -0.2) is 0 Å². The fourth-order valence-corrected chi connectivity index (χ4v) is 1.37. The zero-order chi connectivity index (χ0) is 12.5. The molecule has 0 saturated carbocycles. The largest absolute Gasteiger partial charge is 0.466 e. The second-order valence-electron chi connectivity index (χ2n) is 3.57. The summed E-state index contributed by atoms with van der Waals surface area (Å²) in [5.41, 5.74) is 0.772. The highest BCUT2D eigenvalue weighted by Crippen LogP contribution is 2.07. The molecule has 0 spiro atoms. The number of anilines is 1. The monoisotopic (exact) mass is 235 g/mol. The van der Waals surface area contributed by atoms with Crippen LogP contribution in [0.15, 0.2) is 30.3 Å². The van der Waals surface area contributed by atoms with Crippen LogP contribution in [0.2, 0.25) is 0 Å². The molecule has 0 heterocycles. The molecule has 4 nitrogen and oxygen atoms in total. The molecule has 4 heteroatoms. The molecule has 0 aliphatic carbocycles. The topological polar surface area (TPSA) is 55.4 Å². The van der Waals surface area contributed by atoms with Crippen LogP contribution in [-0.4, -0.2) is 18.5 Å². The van der Waals surface area contributed by atoms with Crippen molar-refractivity contribution in [3.63, 3.8) is 0 Å². The van der Waals surface area contributed by atoms with Crippen LogP contribution in [0.3, 0.4) is 0 Å². The third-order valence-corrected chi connectivity index (χ3v) is 2.15. The van der Waals surface area contributed by atoms with E-state index in [9.17, 15) is 9.59 Å². The van der Waals surface area contributed by atoms with Crippen molar-refractivity contribution in [3.05, 3.63) is 30.3 Å². The number of nitrogens with one attached hydrogen (secondary N) is 1. The molecule has 1 amide bonds. The van der Waals surface area contributed by atoms with Crippen molar-refractivity contribution in [2.75, 3.05) is 11.9 Å². The minimum Gasteiger partial charge on any atom is -0.466 e. The Hall–Kier alpha value is -1.84. The number of carbonyl (C=O) groups is 2. The Morgan fingerprint density at radius 3 is 2.53 bits per heavy atom. The van der Waals surface area contributed by atoms with Gasteiger partial charge in [0.1, 0.15) is 0 Å². The van der Waals surface area contributed by atoms with E-state index in [2.05, 4.69) is 5.32 Å². The van der Waals surface area contributed by atoms with Gasteiger partial charge >= 0.3 is 5.97 Å². The lowest BCUT2D eigenvalue weighted by Crippen LogP contribution is -2.12. The van der Waals surface area contributed by atoms with Gasteiger partial charge in [0, 0.05) is 18.5 Å². The molecule has 0 unspecified atom stereocenters. The summed E-state index contributed by atoms with van der Waals surface area (Å²) in [7, 11) is 0. The van der Waals surface area contributed by atoms with Crippen LogP contribution in [0.4, 0.5) is 5.69 Å². The summed E-state index contributed by atoms with van der Waals surface area (Å²) in [6.07, 6.45) is 1.13. The van der Waals surface area contributed by atoms with Gasteiger partial charge in [-0.05, 0) is 25.5 Å². The average molecular weight is 235 g/mol. The van der Waals surface area contributed by atoms with E-state index in [0.717, 1.165) is 5.69 Å². The fourth-order valence-electron chi connectivity index (χ4n) is 1.37. The van der Waals surface area contributed by atoms with E-state index in [0.29, 0.717) is 19.4 Å². The predicted molar refractivity (Wildman–Crippen MR) is 65.6 cm³/mol. The molecule has 1 N–H and O–H groups in total. The van der Waals surface area contributed by atoms with Crippen molar-refractivity contribution in [2.45, 2.75) is 26.2 Å². The van der Waals surface area contributed by atoms with Gasteiger partial charge in [0.05, 0.1) is 6.61 Å². The van der Waals surface area contributed by atoms with Gasteiger partial charge in [-0.1, -0.05) is 18.2 Å². The molecule has 1 aromatic carbocycles. The number of ether oxygens (including phenoxy) is 1. The molecule has 0 aliphatic heterocycles. The molecule has 0 atom stereocenters. The van der Waals surface area contributed by atoms with E-state index in [1.165, 1.54) is 0 Å². The second kappa shape index (κ2) is 7.44. The number of hydrogen-bond acceptors (Lipinski definition) is 3. The molecule has 1 rings (SSSR count). The maximum absolute atomic E-state index is 11.5. The molecular formula is C13H17NO3. The summed E-state index contributed by atoms with van der Waals surface area (Å²) in [6, 6.07) is 9.24. The summed E-state index contributed by atoms with van der Waals surface area (Å²) in [5.74, 6) is -0.333. The van der Waals surface area contributed by atoms with Crippen molar-refractivity contribution >= 4 is 17.6 Å².